The lowest BCUT2D eigenvalue weighted by molar-refractivity contribution is -0.138. The van der Waals surface area contributed by atoms with Gasteiger partial charge in [0.05, 0.1) is 12.1 Å². The van der Waals surface area contributed by atoms with Crippen molar-refractivity contribution in [3.63, 3.8) is 0 Å². The van der Waals surface area contributed by atoms with Gasteiger partial charge in [-0.15, -0.1) is 0 Å². The van der Waals surface area contributed by atoms with Crippen molar-refractivity contribution in [1.82, 2.24) is 9.97 Å². The van der Waals surface area contributed by atoms with E-state index in [1.165, 1.54) is 0 Å². The predicted molar refractivity (Wildman–Crippen MR) is 45.2 cm³/mol. The van der Waals surface area contributed by atoms with Crippen molar-refractivity contribution in [2.24, 2.45) is 5.92 Å². The fraction of sp³-hybridized carbons (Fsp3) is 0.375. The van der Waals surface area contributed by atoms with Gasteiger partial charge in [0.1, 0.15) is 5.82 Å². The molecule has 0 bridgehead atoms. The number of carboxylic acid groups (broad SMARTS) is 1. The summed E-state index contributed by atoms with van der Waals surface area (Å²) in [5.41, 5.74) is 0. The van der Waals surface area contributed by atoms with Crippen LogP contribution in [-0.2, 0) is 4.79 Å². The highest BCUT2D eigenvalue weighted by Crippen LogP contribution is 2.32. The topological polar surface area (TPSA) is 75.1 Å². The van der Waals surface area contributed by atoms with Gasteiger partial charge in [0, 0.05) is 18.4 Å². The molecule has 1 heterocycles. The number of hydrogen-bond donors (Lipinski definition) is 2. The minimum Gasteiger partial charge on any atom is -0.481 e. The molecule has 2 atom stereocenters. The average molecular weight is 179 g/mol. The van der Waals surface area contributed by atoms with E-state index in [0.29, 0.717) is 12.2 Å². The summed E-state index contributed by atoms with van der Waals surface area (Å²) in [7, 11) is 0. The number of carboxylic acids is 1. The lowest BCUT2D eigenvalue weighted by Gasteiger charge is -2.01. The highest BCUT2D eigenvalue weighted by atomic mass is 16.4. The summed E-state index contributed by atoms with van der Waals surface area (Å²) in [6.45, 7) is 0. The lowest BCUT2D eigenvalue weighted by atomic mass is 10.4. The second-order valence-corrected chi connectivity index (χ2v) is 3.02. The van der Waals surface area contributed by atoms with Crippen molar-refractivity contribution >= 4 is 11.8 Å². The lowest BCUT2D eigenvalue weighted by Crippen LogP contribution is -2.10. The quantitative estimate of drug-likeness (QED) is 0.700. The predicted octanol–water partition coefficient (Wildman–Crippen LogP) is 0.362. The summed E-state index contributed by atoms with van der Waals surface area (Å²) in [6.07, 6.45) is 5.40. The monoisotopic (exact) mass is 179 g/mol. The van der Waals surface area contributed by atoms with Crippen LogP contribution < -0.4 is 5.32 Å². The summed E-state index contributed by atoms with van der Waals surface area (Å²) in [5, 5.41) is 11.6. The van der Waals surface area contributed by atoms with E-state index in [2.05, 4.69) is 15.3 Å². The summed E-state index contributed by atoms with van der Waals surface area (Å²) in [6, 6.07) is 0.0224. The molecule has 5 nitrogen and oxygen atoms in total. The normalized spacial score (nSPS) is 25.2. The largest absolute Gasteiger partial charge is 0.481 e. The third-order valence-corrected chi connectivity index (χ3v) is 2.00. The minimum atomic E-state index is -0.749. The fourth-order valence-corrected chi connectivity index (χ4v) is 1.19. The van der Waals surface area contributed by atoms with Gasteiger partial charge in [-0.25, -0.2) is 4.98 Å². The van der Waals surface area contributed by atoms with Gasteiger partial charge in [0.2, 0.25) is 0 Å². The maximum Gasteiger partial charge on any atom is 0.308 e. The van der Waals surface area contributed by atoms with Crippen LogP contribution in [0.4, 0.5) is 5.82 Å². The van der Waals surface area contributed by atoms with Crippen molar-refractivity contribution in [2.75, 3.05) is 5.32 Å². The number of nitrogens with one attached hydrogen (secondary N) is 1. The fourth-order valence-electron chi connectivity index (χ4n) is 1.19. The average Bonchev–Trinajstić information content (AvgIpc) is 2.86. The number of anilines is 1. The van der Waals surface area contributed by atoms with E-state index in [1.807, 2.05) is 0 Å². The van der Waals surface area contributed by atoms with Crippen LogP contribution in [0.15, 0.2) is 18.6 Å². The van der Waals surface area contributed by atoms with E-state index >= 15 is 0 Å². The molecule has 1 saturated carbocycles. The van der Waals surface area contributed by atoms with Gasteiger partial charge in [-0.05, 0) is 6.42 Å². The SMILES string of the molecule is O=C(O)C1CC1Nc1cnccn1. The molecule has 1 aliphatic carbocycles. The first-order chi connectivity index (χ1) is 6.27. The Kier molecular flexibility index (Phi) is 1.84. The molecule has 2 N–H and O–H groups in total. The van der Waals surface area contributed by atoms with Gasteiger partial charge < -0.3 is 10.4 Å². The summed E-state index contributed by atoms with van der Waals surface area (Å²) < 4.78 is 0. The van der Waals surface area contributed by atoms with Crippen LogP contribution in [0.5, 0.6) is 0 Å². The molecule has 68 valence electrons. The zero-order valence-electron chi connectivity index (χ0n) is 6.84. The summed E-state index contributed by atoms with van der Waals surface area (Å²) >= 11 is 0. The molecule has 0 aromatic carbocycles. The summed E-state index contributed by atoms with van der Waals surface area (Å²) in [4.78, 5) is 18.3. The van der Waals surface area contributed by atoms with Crippen molar-refractivity contribution in [1.29, 1.82) is 0 Å². The molecule has 0 radical (unpaired) electrons. The Bertz CT molecular complexity index is 314. The maximum absolute atomic E-state index is 10.5. The van der Waals surface area contributed by atoms with Crippen LogP contribution in [0.25, 0.3) is 0 Å². The first-order valence-corrected chi connectivity index (χ1v) is 4.03. The molecule has 1 aromatic rings. The number of aromatic nitrogens is 2. The number of rotatable bonds is 3. The Morgan fingerprint density at radius 3 is 3.00 bits per heavy atom. The standard InChI is InChI=1S/C8H9N3O2/c12-8(13)5-3-6(5)11-7-4-9-1-2-10-7/h1-2,4-6H,3H2,(H,10,11)(H,12,13). The van der Waals surface area contributed by atoms with Crippen LogP contribution in [0, 0.1) is 5.92 Å². The van der Waals surface area contributed by atoms with Crippen LogP contribution in [0.2, 0.25) is 0 Å². The molecule has 2 unspecified atom stereocenters. The first-order valence-electron chi connectivity index (χ1n) is 4.03. The first kappa shape index (κ1) is 7.97. The Morgan fingerprint density at radius 2 is 2.46 bits per heavy atom. The molecule has 0 saturated heterocycles. The third kappa shape index (κ3) is 1.74. The Labute approximate surface area is 74.8 Å². The Morgan fingerprint density at radius 1 is 1.62 bits per heavy atom. The number of hydrogen-bond acceptors (Lipinski definition) is 4. The molecule has 0 spiro atoms. The van der Waals surface area contributed by atoms with Gasteiger partial charge in [-0.2, -0.15) is 0 Å². The van der Waals surface area contributed by atoms with Gasteiger partial charge in [0.15, 0.2) is 0 Å². The molecule has 5 heteroatoms. The van der Waals surface area contributed by atoms with Crippen molar-refractivity contribution in [3.8, 4) is 0 Å². The number of nitrogens with zero attached hydrogens (tertiary/aromatic N) is 2. The zero-order valence-corrected chi connectivity index (χ0v) is 6.84. The number of carbonyl (C=O) groups is 1. The Hall–Kier alpha value is -1.65. The van der Waals surface area contributed by atoms with Crippen molar-refractivity contribution in [3.05, 3.63) is 18.6 Å². The highest BCUT2D eigenvalue weighted by molar-refractivity contribution is 5.75. The van der Waals surface area contributed by atoms with Gasteiger partial charge in [-0.3, -0.25) is 9.78 Å². The van der Waals surface area contributed by atoms with Crippen LogP contribution in [-0.4, -0.2) is 27.1 Å². The third-order valence-electron chi connectivity index (χ3n) is 2.00. The van der Waals surface area contributed by atoms with E-state index in [1.54, 1.807) is 18.6 Å². The van der Waals surface area contributed by atoms with Crippen LogP contribution in [0.1, 0.15) is 6.42 Å². The number of aliphatic carboxylic acids is 1. The molecule has 0 aliphatic heterocycles. The molecule has 2 rings (SSSR count). The van der Waals surface area contributed by atoms with Crippen LogP contribution >= 0.6 is 0 Å². The maximum atomic E-state index is 10.5. The van der Waals surface area contributed by atoms with Gasteiger partial charge >= 0.3 is 5.97 Å². The molecule has 1 aliphatic rings. The van der Waals surface area contributed by atoms with E-state index < -0.39 is 5.97 Å². The molecule has 13 heavy (non-hydrogen) atoms. The van der Waals surface area contributed by atoms with Gasteiger partial charge in [0.25, 0.3) is 0 Å². The molecular weight excluding hydrogens is 170 g/mol. The second kappa shape index (κ2) is 3.01. The zero-order chi connectivity index (χ0) is 9.26. The summed E-state index contributed by atoms with van der Waals surface area (Å²) in [5.74, 6) is -0.375. The molecule has 0 amide bonds. The smallest absolute Gasteiger partial charge is 0.308 e. The van der Waals surface area contributed by atoms with Gasteiger partial charge in [-0.1, -0.05) is 0 Å². The van der Waals surface area contributed by atoms with E-state index in [9.17, 15) is 4.79 Å². The van der Waals surface area contributed by atoms with E-state index in [4.69, 9.17) is 5.11 Å². The molecule has 1 aromatic heterocycles. The molecular formula is C8H9N3O2. The van der Waals surface area contributed by atoms with E-state index in [-0.39, 0.29) is 12.0 Å². The minimum absolute atomic E-state index is 0.0224. The van der Waals surface area contributed by atoms with E-state index in [0.717, 1.165) is 0 Å². The molecule has 1 fully saturated rings. The second-order valence-electron chi connectivity index (χ2n) is 3.02. The van der Waals surface area contributed by atoms with Crippen LogP contribution in [0.3, 0.4) is 0 Å². The Balaban J connectivity index is 1.92. The highest BCUT2D eigenvalue weighted by Gasteiger charge is 2.43. The van der Waals surface area contributed by atoms with Crippen molar-refractivity contribution < 1.29 is 9.90 Å². The van der Waals surface area contributed by atoms with Crippen molar-refractivity contribution in [2.45, 2.75) is 12.5 Å².